The summed E-state index contributed by atoms with van der Waals surface area (Å²) < 4.78 is 0. The molecule has 0 saturated heterocycles. The molecule has 0 saturated carbocycles. The second-order valence-electron chi connectivity index (χ2n) is 5.51. The van der Waals surface area contributed by atoms with Gasteiger partial charge in [0.15, 0.2) is 0 Å². The molecule has 3 aromatic rings. The van der Waals surface area contributed by atoms with Crippen LogP contribution >= 0.6 is 0 Å². The van der Waals surface area contributed by atoms with Crippen LogP contribution in [0, 0.1) is 6.92 Å². The molecule has 0 atom stereocenters. The Balaban J connectivity index is 1.92. The lowest BCUT2D eigenvalue weighted by Crippen LogP contribution is -1.88. The minimum absolute atomic E-state index is 1.25. The normalized spacial score (nSPS) is 11.5. The molecule has 108 valence electrons. The zero-order chi connectivity index (χ0) is 15.4. The molecule has 0 N–H and O–H groups in total. The first-order valence-electron chi connectivity index (χ1n) is 7.67. The van der Waals surface area contributed by atoms with E-state index in [4.69, 9.17) is 0 Å². The van der Waals surface area contributed by atoms with Gasteiger partial charge in [0.1, 0.15) is 0 Å². The summed E-state index contributed by atoms with van der Waals surface area (Å²) in [6.07, 6.45) is 2.18. The van der Waals surface area contributed by atoms with Crippen molar-refractivity contribution in [2.24, 2.45) is 0 Å². The molecule has 0 unspecified atom stereocenters. The number of aryl methyl sites for hydroxylation is 1. The summed E-state index contributed by atoms with van der Waals surface area (Å²) in [5.41, 5.74) is 7.60. The van der Waals surface area contributed by atoms with E-state index >= 15 is 0 Å². The molecule has 22 heavy (non-hydrogen) atoms. The Morgan fingerprint density at radius 2 is 1.14 bits per heavy atom. The van der Waals surface area contributed by atoms with Crippen molar-refractivity contribution in [1.82, 2.24) is 0 Å². The van der Waals surface area contributed by atoms with Gasteiger partial charge in [0.05, 0.1) is 0 Å². The van der Waals surface area contributed by atoms with Crippen molar-refractivity contribution in [3.05, 3.63) is 102 Å². The van der Waals surface area contributed by atoms with Crippen molar-refractivity contribution >= 4 is 5.57 Å². The summed E-state index contributed by atoms with van der Waals surface area (Å²) in [6.45, 7) is 4.21. The van der Waals surface area contributed by atoms with Gasteiger partial charge in [0.25, 0.3) is 0 Å². The fourth-order valence-electron chi connectivity index (χ4n) is 2.71. The second kappa shape index (κ2) is 6.44. The number of hydrogen-bond donors (Lipinski definition) is 0. The van der Waals surface area contributed by atoms with Gasteiger partial charge < -0.3 is 0 Å². The molecule has 0 heterocycles. The Morgan fingerprint density at radius 3 is 1.68 bits per heavy atom. The van der Waals surface area contributed by atoms with Gasteiger partial charge in [-0.05, 0) is 41.7 Å². The van der Waals surface area contributed by atoms with E-state index in [0.29, 0.717) is 0 Å². The minimum Gasteiger partial charge on any atom is -0.0792 e. The number of benzene rings is 3. The molecule has 0 aliphatic carbocycles. The number of rotatable bonds is 3. The van der Waals surface area contributed by atoms with Crippen molar-refractivity contribution in [3.8, 4) is 11.1 Å². The lowest BCUT2D eigenvalue weighted by Gasteiger charge is -2.09. The van der Waals surface area contributed by atoms with E-state index in [2.05, 4.69) is 98.8 Å². The molecule has 3 aromatic carbocycles. The van der Waals surface area contributed by atoms with E-state index < -0.39 is 0 Å². The van der Waals surface area contributed by atoms with Gasteiger partial charge >= 0.3 is 0 Å². The van der Waals surface area contributed by atoms with Crippen LogP contribution in [-0.2, 0) is 0 Å². The fourth-order valence-corrected chi connectivity index (χ4v) is 2.71. The zero-order valence-electron chi connectivity index (χ0n) is 13.1. The maximum absolute atomic E-state index is 2.21. The fraction of sp³-hybridized carbons (Fsp3) is 0.0909. The molecule has 3 rings (SSSR count). The molecule has 0 bridgehead atoms. The van der Waals surface area contributed by atoms with Crippen LogP contribution < -0.4 is 0 Å². The molecule has 0 aliphatic rings. The highest BCUT2D eigenvalue weighted by Gasteiger charge is 2.04. The van der Waals surface area contributed by atoms with Gasteiger partial charge in [-0.25, -0.2) is 0 Å². The van der Waals surface area contributed by atoms with Crippen LogP contribution in [0.15, 0.2) is 84.9 Å². The van der Waals surface area contributed by atoms with E-state index in [-0.39, 0.29) is 0 Å². The SMILES string of the molecule is C/C=C(/c1ccccc1)c1ccc(-c2ccc(C)cc2)cc1. The summed E-state index contributed by atoms with van der Waals surface area (Å²) in [4.78, 5) is 0. The molecular weight excluding hydrogens is 264 g/mol. The Kier molecular flexibility index (Phi) is 4.20. The van der Waals surface area contributed by atoms with Gasteiger partial charge in [0.2, 0.25) is 0 Å². The highest BCUT2D eigenvalue weighted by Crippen LogP contribution is 2.26. The number of hydrogen-bond acceptors (Lipinski definition) is 0. The monoisotopic (exact) mass is 284 g/mol. The molecule has 0 spiro atoms. The Hall–Kier alpha value is -2.60. The lowest BCUT2D eigenvalue weighted by molar-refractivity contribution is 1.46. The molecular formula is C22H20. The largest absolute Gasteiger partial charge is 0.0792 e. The average Bonchev–Trinajstić information content (AvgIpc) is 2.58. The Bertz CT molecular complexity index is 761. The van der Waals surface area contributed by atoms with Gasteiger partial charge in [-0.15, -0.1) is 0 Å². The first kappa shape index (κ1) is 14.3. The van der Waals surface area contributed by atoms with Crippen molar-refractivity contribution < 1.29 is 0 Å². The third-order valence-corrected chi connectivity index (χ3v) is 3.95. The lowest BCUT2D eigenvalue weighted by atomic mass is 9.95. The van der Waals surface area contributed by atoms with Crippen LogP contribution in [0.5, 0.6) is 0 Å². The van der Waals surface area contributed by atoms with Crippen LogP contribution in [0.25, 0.3) is 16.7 Å². The minimum atomic E-state index is 1.25. The predicted octanol–water partition coefficient (Wildman–Crippen LogP) is 6.11. The van der Waals surface area contributed by atoms with E-state index in [1.165, 1.54) is 33.4 Å². The first-order valence-corrected chi connectivity index (χ1v) is 7.67. The first-order chi connectivity index (χ1) is 10.8. The second-order valence-corrected chi connectivity index (χ2v) is 5.51. The van der Waals surface area contributed by atoms with E-state index in [9.17, 15) is 0 Å². The predicted molar refractivity (Wildman–Crippen MR) is 95.8 cm³/mol. The van der Waals surface area contributed by atoms with E-state index in [0.717, 1.165) is 0 Å². The van der Waals surface area contributed by atoms with Crippen LogP contribution in [0.1, 0.15) is 23.6 Å². The molecule has 0 nitrogen and oxygen atoms in total. The van der Waals surface area contributed by atoms with Gasteiger partial charge in [0, 0.05) is 0 Å². The van der Waals surface area contributed by atoms with Crippen LogP contribution in [0.3, 0.4) is 0 Å². The Labute approximate surface area is 132 Å². The topological polar surface area (TPSA) is 0 Å². The highest BCUT2D eigenvalue weighted by atomic mass is 14.1. The summed E-state index contributed by atoms with van der Waals surface area (Å²) >= 11 is 0. The third-order valence-electron chi connectivity index (χ3n) is 3.95. The van der Waals surface area contributed by atoms with Gasteiger partial charge in [-0.2, -0.15) is 0 Å². The van der Waals surface area contributed by atoms with Gasteiger partial charge in [-0.1, -0.05) is 90.5 Å². The Morgan fingerprint density at radius 1 is 0.636 bits per heavy atom. The maximum atomic E-state index is 2.21. The molecule has 0 fully saturated rings. The van der Waals surface area contributed by atoms with Crippen molar-refractivity contribution in [2.75, 3.05) is 0 Å². The molecule has 0 aliphatic heterocycles. The van der Waals surface area contributed by atoms with Crippen molar-refractivity contribution in [1.29, 1.82) is 0 Å². The standard InChI is InChI=1S/C22H20/c1-3-22(20-7-5-4-6-8-20)21-15-13-19(14-16-21)18-11-9-17(2)10-12-18/h3-16H,1-2H3/b22-3-. The average molecular weight is 284 g/mol. The van der Waals surface area contributed by atoms with Crippen LogP contribution in [0.2, 0.25) is 0 Å². The highest BCUT2D eigenvalue weighted by molar-refractivity contribution is 5.80. The van der Waals surface area contributed by atoms with E-state index in [1.807, 2.05) is 0 Å². The molecule has 0 aromatic heterocycles. The maximum Gasteiger partial charge on any atom is -0.0154 e. The van der Waals surface area contributed by atoms with Crippen LogP contribution in [0.4, 0.5) is 0 Å². The smallest absolute Gasteiger partial charge is 0.0154 e. The quantitative estimate of drug-likeness (QED) is 0.544. The molecule has 0 amide bonds. The molecule has 0 heteroatoms. The van der Waals surface area contributed by atoms with Crippen molar-refractivity contribution in [2.45, 2.75) is 13.8 Å². The zero-order valence-corrected chi connectivity index (χ0v) is 13.1. The van der Waals surface area contributed by atoms with Gasteiger partial charge in [-0.3, -0.25) is 0 Å². The van der Waals surface area contributed by atoms with Crippen LogP contribution in [-0.4, -0.2) is 0 Å². The summed E-state index contributed by atoms with van der Waals surface area (Å²) in [5, 5.41) is 0. The van der Waals surface area contributed by atoms with Crippen molar-refractivity contribution in [3.63, 3.8) is 0 Å². The van der Waals surface area contributed by atoms with E-state index in [1.54, 1.807) is 0 Å². The number of allylic oxidation sites excluding steroid dienone is 1. The summed E-state index contributed by atoms with van der Waals surface area (Å²) in [7, 11) is 0. The summed E-state index contributed by atoms with van der Waals surface area (Å²) in [5.74, 6) is 0. The molecule has 0 radical (unpaired) electrons. The summed E-state index contributed by atoms with van der Waals surface area (Å²) in [6, 6.07) is 28.0. The third kappa shape index (κ3) is 3.01.